The fraction of sp³-hybridized carbons (Fsp3) is 0.450. The van der Waals surface area contributed by atoms with Gasteiger partial charge in [-0.05, 0) is 80.0 Å². The molecule has 0 amide bonds. The molecule has 2 fully saturated rings. The SMILES string of the molecule is C=C1[C@H]2C[C@]3(C(C)(C)O)C[C@H](O)C(C)=C3[C@@H](OC(=O)c3ccccc3)[C@H](OC(C)=O)[C@]2(C)[C@@H](OC(C)=O)C[C@H]1OC(=O)/C=C\c1ccccc1. The van der Waals surface area contributed by atoms with Crippen molar-refractivity contribution in [2.75, 3.05) is 0 Å². The first kappa shape index (κ1) is 36.7. The normalized spacial score (nSPS) is 30.9. The Morgan fingerprint density at radius 1 is 0.900 bits per heavy atom. The summed E-state index contributed by atoms with van der Waals surface area (Å²) in [5, 5.41) is 23.5. The smallest absolute Gasteiger partial charge is 0.338 e. The van der Waals surface area contributed by atoms with Crippen molar-refractivity contribution in [3.63, 3.8) is 0 Å². The number of carbonyl (C=O) groups excluding carboxylic acids is 4. The maximum atomic E-state index is 13.8. The number of aliphatic hydroxyl groups excluding tert-OH is 1. The van der Waals surface area contributed by atoms with Gasteiger partial charge in [-0.25, -0.2) is 9.59 Å². The van der Waals surface area contributed by atoms with Crippen LogP contribution in [0.5, 0.6) is 0 Å². The van der Waals surface area contributed by atoms with Crippen molar-refractivity contribution in [1.29, 1.82) is 0 Å². The molecule has 0 saturated heterocycles. The number of hydrogen-bond donors (Lipinski definition) is 2. The molecule has 2 aromatic rings. The van der Waals surface area contributed by atoms with Crippen LogP contribution in [0.4, 0.5) is 0 Å². The van der Waals surface area contributed by atoms with Gasteiger partial charge in [0.15, 0.2) is 12.2 Å². The van der Waals surface area contributed by atoms with Crippen LogP contribution in [-0.4, -0.2) is 70.2 Å². The fourth-order valence-electron chi connectivity index (χ4n) is 8.33. The Hall–Kier alpha value is -4.54. The minimum absolute atomic E-state index is 0.0242. The van der Waals surface area contributed by atoms with E-state index in [1.807, 2.05) is 30.3 Å². The van der Waals surface area contributed by atoms with E-state index in [0.717, 1.165) is 5.56 Å². The molecule has 8 atom stereocenters. The molecular weight excluding hydrogens is 640 g/mol. The number of hydrogen-bond acceptors (Lipinski definition) is 10. The summed E-state index contributed by atoms with van der Waals surface area (Å²) < 4.78 is 24.4. The van der Waals surface area contributed by atoms with Crippen LogP contribution in [0.2, 0.25) is 0 Å². The Morgan fingerprint density at radius 3 is 2.08 bits per heavy atom. The van der Waals surface area contributed by atoms with Crippen LogP contribution < -0.4 is 0 Å². The maximum Gasteiger partial charge on any atom is 0.338 e. The second-order valence-corrected chi connectivity index (χ2v) is 14.4. The highest BCUT2D eigenvalue weighted by atomic mass is 16.6. The van der Waals surface area contributed by atoms with Crippen molar-refractivity contribution >= 4 is 30.0 Å². The number of benzene rings is 2. The lowest BCUT2D eigenvalue weighted by Crippen LogP contribution is -2.60. The van der Waals surface area contributed by atoms with Crippen molar-refractivity contribution < 1.29 is 48.3 Å². The van der Waals surface area contributed by atoms with E-state index in [1.165, 1.54) is 19.9 Å². The predicted octanol–water partition coefficient (Wildman–Crippen LogP) is 5.53. The third-order valence-electron chi connectivity index (χ3n) is 10.9. The van der Waals surface area contributed by atoms with Gasteiger partial charge in [0.25, 0.3) is 0 Å². The van der Waals surface area contributed by atoms with Gasteiger partial charge in [0.05, 0.1) is 22.7 Å². The Balaban J connectivity index is 1.68. The quantitative estimate of drug-likeness (QED) is 0.157. The van der Waals surface area contributed by atoms with Crippen LogP contribution in [0.15, 0.2) is 90.0 Å². The Labute approximate surface area is 292 Å². The van der Waals surface area contributed by atoms with Gasteiger partial charge in [0.1, 0.15) is 12.2 Å². The monoisotopic (exact) mass is 686 g/mol. The lowest BCUT2D eigenvalue weighted by atomic mass is 9.56. The molecule has 266 valence electrons. The molecule has 10 heteroatoms. The van der Waals surface area contributed by atoms with Crippen LogP contribution in [0.3, 0.4) is 0 Å². The second kappa shape index (κ2) is 14.0. The number of ether oxygens (including phenoxy) is 4. The minimum atomic E-state index is -1.52. The minimum Gasteiger partial charge on any atom is -0.462 e. The number of rotatable bonds is 8. The molecule has 0 heterocycles. The number of esters is 4. The molecule has 0 spiro atoms. The van der Waals surface area contributed by atoms with Gasteiger partial charge in [-0.2, -0.15) is 0 Å². The van der Waals surface area contributed by atoms with Crippen LogP contribution in [0.1, 0.15) is 76.7 Å². The Morgan fingerprint density at radius 2 is 1.50 bits per heavy atom. The lowest BCUT2D eigenvalue weighted by Gasteiger charge is -2.53. The zero-order chi connectivity index (χ0) is 36.6. The highest BCUT2D eigenvalue weighted by molar-refractivity contribution is 5.90. The molecule has 5 rings (SSSR count). The molecule has 0 bridgehead atoms. The third kappa shape index (κ3) is 6.79. The van der Waals surface area contributed by atoms with E-state index in [9.17, 15) is 29.4 Å². The predicted molar refractivity (Wildman–Crippen MR) is 184 cm³/mol. The summed E-state index contributed by atoms with van der Waals surface area (Å²) in [4.78, 5) is 52.8. The Kier molecular flexibility index (Phi) is 10.3. The van der Waals surface area contributed by atoms with Gasteiger partial charge >= 0.3 is 23.9 Å². The number of aliphatic hydroxyl groups is 2. The van der Waals surface area contributed by atoms with Gasteiger partial charge in [0.2, 0.25) is 0 Å². The summed E-state index contributed by atoms with van der Waals surface area (Å²) in [6.07, 6.45) is -2.51. The van der Waals surface area contributed by atoms with Crippen LogP contribution in [0, 0.1) is 16.7 Å². The van der Waals surface area contributed by atoms with Crippen molar-refractivity contribution in [1.82, 2.24) is 0 Å². The third-order valence-corrected chi connectivity index (χ3v) is 10.9. The molecule has 2 N–H and O–H groups in total. The summed E-state index contributed by atoms with van der Waals surface area (Å²) in [7, 11) is 0. The average molecular weight is 687 g/mol. The van der Waals surface area contributed by atoms with Crippen LogP contribution in [-0.2, 0) is 33.3 Å². The summed E-state index contributed by atoms with van der Waals surface area (Å²) in [5.41, 5.74) is -1.70. The molecule has 0 radical (unpaired) electrons. The van der Waals surface area contributed by atoms with E-state index >= 15 is 0 Å². The average Bonchev–Trinajstić information content (AvgIpc) is 3.27. The zero-order valence-corrected chi connectivity index (χ0v) is 29.4. The van der Waals surface area contributed by atoms with Gasteiger partial charge < -0.3 is 29.2 Å². The number of fused-ring (bicyclic) bond motifs is 2. The fourth-order valence-corrected chi connectivity index (χ4v) is 8.33. The molecule has 0 aromatic heterocycles. The summed E-state index contributed by atoms with van der Waals surface area (Å²) >= 11 is 0. The summed E-state index contributed by atoms with van der Waals surface area (Å²) in [6, 6.07) is 17.5. The first-order chi connectivity index (χ1) is 23.5. The largest absolute Gasteiger partial charge is 0.462 e. The molecule has 3 aliphatic rings. The standard InChI is InChI=1S/C40H46O10/c1-23-29-21-40(38(5,6)46)22-30(43)24(2)34(40)35(50-37(45)28-16-12-9-13-17-28)36(48-26(4)42)39(29,7)32(47-25(3)41)20-31(23)49-33(44)19-18-27-14-10-8-11-15-27/h8-19,29-32,35-36,43,46H,1,20-22H2,2-7H3/b19-18-/t29-,30+,31-,32+,35-,36+,39+,40+/m1/s1. The van der Waals surface area contributed by atoms with Crippen LogP contribution in [0.25, 0.3) is 6.08 Å². The summed E-state index contributed by atoms with van der Waals surface area (Å²) in [5.74, 6) is -3.41. The van der Waals surface area contributed by atoms with E-state index in [1.54, 1.807) is 64.1 Å². The van der Waals surface area contributed by atoms with Gasteiger partial charge in [-0.15, -0.1) is 0 Å². The molecule has 2 saturated carbocycles. The first-order valence-corrected chi connectivity index (χ1v) is 16.8. The van der Waals surface area contributed by atoms with Crippen LogP contribution >= 0.6 is 0 Å². The van der Waals surface area contributed by atoms with E-state index in [0.29, 0.717) is 16.7 Å². The Bertz CT molecular complexity index is 1700. The van der Waals surface area contributed by atoms with E-state index < -0.39 is 76.7 Å². The van der Waals surface area contributed by atoms with Gasteiger partial charge in [-0.3, -0.25) is 9.59 Å². The van der Waals surface area contributed by atoms with Gasteiger partial charge in [-0.1, -0.05) is 62.0 Å². The molecule has 0 aliphatic heterocycles. The zero-order valence-electron chi connectivity index (χ0n) is 29.4. The lowest BCUT2D eigenvalue weighted by molar-refractivity contribution is -0.197. The van der Waals surface area contributed by atoms with Crippen molar-refractivity contribution in [3.05, 3.63) is 101 Å². The highest BCUT2D eigenvalue weighted by Crippen LogP contribution is 2.65. The first-order valence-electron chi connectivity index (χ1n) is 16.8. The van der Waals surface area contributed by atoms with E-state index in [-0.39, 0.29) is 24.8 Å². The molecule has 10 nitrogen and oxygen atoms in total. The highest BCUT2D eigenvalue weighted by Gasteiger charge is 2.69. The summed E-state index contributed by atoms with van der Waals surface area (Å²) in [6.45, 7) is 13.6. The van der Waals surface area contributed by atoms with E-state index in [2.05, 4.69) is 6.58 Å². The molecule has 50 heavy (non-hydrogen) atoms. The molecular formula is C40H46O10. The van der Waals surface area contributed by atoms with Crippen molar-refractivity contribution in [3.8, 4) is 0 Å². The molecule has 2 aromatic carbocycles. The van der Waals surface area contributed by atoms with Gasteiger partial charge in [0, 0.05) is 31.8 Å². The van der Waals surface area contributed by atoms with E-state index in [4.69, 9.17) is 18.9 Å². The molecule has 3 aliphatic carbocycles. The van der Waals surface area contributed by atoms with Crippen molar-refractivity contribution in [2.45, 2.75) is 96.9 Å². The second-order valence-electron chi connectivity index (χ2n) is 14.4. The number of carbonyl (C=O) groups is 4. The molecule has 0 unspecified atom stereocenters. The topological polar surface area (TPSA) is 146 Å². The van der Waals surface area contributed by atoms with Crippen molar-refractivity contribution in [2.24, 2.45) is 16.7 Å². The maximum absolute atomic E-state index is 13.8.